The van der Waals surface area contributed by atoms with Gasteiger partial charge in [0, 0.05) is 6.54 Å². The second kappa shape index (κ2) is 5.16. The molecule has 0 spiro atoms. The smallest absolute Gasteiger partial charge is 0.00270 e. The van der Waals surface area contributed by atoms with E-state index in [1.807, 2.05) is 0 Å². The third kappa shape index (κ3) is 10.0. The minimum Gasteiger partial charge on any atom is -0.306 e. The maximum Gasteiger partial charge on any atom is 0.00270 e. The van der Waals surface area contributed by atoms with Crippen molar-refractivity contribution in [3.63, 3.8) is 0 Å². The van der Waals surface area contributed by atoms with Gasteiger partial charge in [0.2, 0.25) is 0 Å². The monoisotopic (exact) mass is 199 g/mol. The Morgan fingerprint density at radius 1 is 0.857 bits per heavy atom. The predicted octanol–water partition coefficient (Wildman–Crippen LogP) is 3.79. The van der Waals surface area contributed by atoms with Gasteiger partial charge in [0.05, 0.1) is 0 Å². The molecule has 0 aromatic carbocycles. The molecule has 0 aromatic rings. The SMILES string of the molecule is CN(CCCC(C)(C)C)CC(C)(C)C. The third-order valence-corrected chi connectivity index (χ3v) is 2.21. The van der Waals surface area contributed by atoms with Crippen molar-refractivity contribution >= 4 is 0 Å². The Bertz CT molecular complexity index is 148. The van der Waals surface area contributed by atoms with Gasteiger partial charge in [0.15, 0.2) is 0 Å². The first-order chi connectivity index (χ1) is 6.10. The van der Waals surface area contributed by atoms with Gasteiger partial charge in [0.1, 0.15) is 0 Å². The van der Waals surface area contributed by atoms with Gasteiger partial charge in [-0.1, -0.05) is 41.5 Å². The van der Waals surface area contributed by atoms with E-state index < -0.39 is 0 Å². The molecule has 1 nitrogen and oxygen atoms in total. The van der Waals surface area contributed by atoms with E-state index >= 15 is 0 Å². The van der Waals surface area contributed by atoms with Gasteiger partial charge < -0.3 is 4.90 Å². The highest BCUT2D eigenvalue weighted by Gasteiger charge is 2.14. The maximum atomic E-state index is 2.45. The predicted molar refractivity (Wildman–Crippen MR) is 65.6 cm³/mol. The number of rotatable bonds is 4. The van der Waals surface area contributed by atoms with Crippen molar-refractivity contribution in [3.8, 4) is 0 Å². The van der Waals surface area contributed by atoms with Crippen LogP contribution in [0.5, 0.6) is 0 Å². The topological polar surface area (TPSA) is 3.24 Å². The summed E-state index contributed by atoms with van der Waals surface area (Å²) < 4.78 is 0. The lowest BCUT2D eigenvalue weighted by Gasteiger charge is -2.27. The average Bonchev–Trinajstić information content (AvgIpc) is 1.78. The van der Waals surface area contributed by atoms with Crippen LogP contribution in [0, 0.1) is 10.8 Å². The molecule has 0 saturated heterocycles. The number of hydrogen-bond donors (Lipinski definition) is 0. The van der Waals surface area contributed by atoms with Crippen LogP contribution in [0.15, 0.2) is 0 Å². The fraction of sp³-hybridized carbons (Fsp3) is 1.00. The molecule has 0 atom stereocenters. The van der Waals surface area contributed by atoms with Crippen LogP contribution in [0.25, 0.3) is 0 Å². The minimum absolute atomic E-state index is 0.427. The molecule has 0 unspecified atom stereocenters. The van der Waals surface area contributed by atoms with Crippen LogP contribution in [-0.2, 0) is 0 Å². The van der Waals surface area contributed by atoms with Gasteiger partial charge in [0.25, 0.3) is 0 Å². The van der Waals surface area contributed by atoms with Crippen LogP contribution in [0.2, 0.25) is 0 Å². The Morgan fingerprint density at radius 2 is 1.36 bits per heavy atom. The lowest BCUT2D eigenvalue weighted by atomic mass is 9.90. The second-order valence-electron chi connectivity index (χ2n) is 6.96. The lowest BCUT2D eigenvalue weighted by molar-refractivity contribution is 0.214. The molecule has 0 amide bonds. The van der Waals surface area contributed by atoms with Crippen LogP contribution >= 0.6 is 0 Å². The lowest BCUT2D eigenvalue weighted by Crippen LogP contribution is -2.30. The molecule has 0 fully saturated rings. The quantitative estimate of drug-likeness (QED) is 0.666. The average molecular weight is 199 g/mol. The summed E-state index contributed by atoms with van der Waals surface area (Å²) in [6, 6.07) is 0. The Morgan fingerprint density at radius 3 is 1.71 bits per heavy atom. The largest absolute Gasteiger partial charge is 0.306 e. The highest BCUT2D eigenvalue weighted by molar-refractivity contribution is 4.68. The van der Waals surface area contributed by atoms with Crippen molar-refractivity contribution in [2.24, 2.45) is 10.8 Å². The Balaban J connectivity index is 3.60. The van der Waals surface area contributed by atoms with E-state index in [0.717, 1.165) is 0 Å². The molecular formula is C13H29N. The number of hydrogen-bond acceptors (Lipinski definition) is 1. The van der Waals surface area contributed by atoms with Gasteiger partial charge in [-0.25, -0.2) is 0 Å². The number of nitrogens with zero attached hydrogens (tertiary/aromatic N) is 1. The molecule has 0 saturated carbocycles. The Labute approximate surface area is 90.9 Å². The van der Waals surface area contributed by atoms with Crippen molar-refractivity contribution in [1.82, 2.24) is 4.90 Å². The summed E-state index contributed by atoms with van der Waals surface area (Å²) in [5, 5.41) is 0. The zero-order valence-corrected chi connectivity index (χ0v) is 11.3. The van der Waals surface area contributed by atoms with Gasteiger partial charge in [-0.3, -0.25) is 0 Å². The zero-order valence-electron chi connectivity index (χ0n) is 11.3. The fourth-order valence-corrected chi connectivity index (χ4v) is 1.77. The zero-order chi connectivity index (χ0) is 11.4. The van der Waals surface area contributed by atoms with Gasteiger partial charge in [-0.05, 0) is 37.3 Å². The molecule has 14 heavy (non-hydrogen) atoms. The fourth-order valence-electron chi connectivity index (χ4n) is 1.77. The highest BCUT2D eigenvalue weighted by Crippen LogP contribution is 2.21. The van der Waals surface area contributed by atoms with E-state index in [4.69, 9.17) is 0 Å². The molecule has 86 valence electrons. The van der Waals surface area contributed by atoms with E-state index in [0.29, 0.717) is 10.8 Å². The van der Waals surface area contributed by atoms with E-state index in [1.165, 1.54) is 25.9 Å². The summed E-state index contributed by atoms with van der Waals surface area (Å²) in [6.45, 7) is 16.3. The first-order valence-corrected chi connectivity index (χ1v) is 5.79. The summed E-state index contributed by atoms with van der Waals surface area (Å²) in [7, 11) is 2.23. The molecule has 0 heterocycles. The maximum absolute atomic E-state index is 2.45. The minimum atomic E-state index is 0.427. The molecule has 0 aromatic heterocycles. The molecule has 0 aliphatic heterocycles. The van der Waals surface area contributed by atoms with Crippen molar-refractivity contribution in [3.05, 3.63) is 0 Å². The first-order valence-electron chi connectivity index (χ1n) is 5.79. The molecule has 0 rings (SSSR count). The molecule has 1 heteroatoms. The molecular weight excluding hydrogens is 170 g/mol. The standard InChI is InChI=1S/C13H29N/c1-12(2,3)9-8-10-14(7)11-13(4,5)6/h8-11H2,1-7H3. The van der Waals surface area contributed by atoms with E-state index in [1.54, 1.807) is 0 Å². The van der Waals surface area contributed by atoms with Crippen LogP contribution in [0.4, 0.5) is 0 Å². The first kappa shape index (κ1) is 14.0. The van der Waals surface area contributed by atoms with Crippen molar-refractivity contribution in [2.75, 3.05) is 20.1 Å². The highest BCUT2D eigenvalue weighted by atomic mass is 15.1. The van der Waals surface area contributed by atoms with Gasteiger partial charge in [-0.2, -0.15) is 0 Å². The molecule has 0 aliphatic carbocycles. The third-order valence-electron chi connectivity index (χ3n) is 2.21. The van der Waals surface area contributed by atoms with Crippen LogP contribution in [-0.4, -0.2) is 25.0 Å². The van der Waals surface area contributed by atoms with Crippen LogP contribution in [0.1, 0.15) is 54.4 Å². The summed E-state index contributed by atoms with van der Waals surface area (Å²) in [6.07, 6.45) is 2.64. The molecule has 0 N–H and O–H groups in total. The normalized spacial score (nSPS) is 13.7. The van der Waals surface area contributed by atoms with E-state index in [-0.39, 0.29) is 0 Å². The Hall–Kier alpha value is -0.0400. The Kier molecular flexibility index (Phi) is 5.14. The summed E-state index contributed by atoms with van der Waals surface area (Å²) >= 11 is 0. The molecule has 0 aliphatic rings. The van der Waals surface area contributed by atoms with Gasteiger partial charge in [-0.15, -0.1) is 0 Å². The van der Waals surface area contributed by atoms with E-state index in [2.05, 4.69) is 53.5 Å². The van der Waals surface area contributed by atoms with E-state index in [9.17, 15) is 0 Å². The molecule has 0 radical (unpaired) electrons. The second-order valence-corrected chi connectivity index (χ2v) is 6.96. The van der Waals surface area contributed by atoms with Crippen LogP contribution in [0.3, 0.4) is 0 Å². The van der Waals surface area contributed by atoms with Crippen LogP contribution < -0.4 is 0 Å². The van der Waals surface area contributed by atoms with Crippen molar-refractivity contribution in [2.45, 2.75) is 54.4 Å². The van der Waals surface area contributed by atoms with Gasteiger partial charge >= 0.3 is 0 Å². The summed E-state index contributed by atoms with van der Waals surface area (Å²) in [4.78, 5) is 2.45. The van der Waals surface area contributed by atoms with Crippen molar-refractivity contribution < 1.29 is 0 Å². The van der Waals surface area contributed by atoms with Crippen molar-refractivity contribution in [1.29, 1.82) is 0 Å². The summed E-state index contributed by atoms with van der Waals surface area (Å²) in [5.41, 5.74) is 0.916. The summed E-state index contributed by atoms with van der Waals surface area (Å²) in [5.74, 6) is 0. The molecule has 0 bridgehead atoms.